The fourth-order valence-electron chi connectivity index (χ4n) is 2.62. The van der Waals surface area contributed by atoms with Crippen molar-refractivity contribution in [2.45, 2.75) is 31.7 Å². The number of hydrogen-bond acceptors (Lipinski definition) is 2. The van der Waals surface area contributed by atoms with Crippen LogP contribution in [0, 0.1) is 17.6 Å². The highest BCUT2D eigenvalue weighted by Gasteiger charge is 2.26. The average molecular weight is 347 g/mol. The molecule has 2 unspecified atom stereocenters. The van der Waals surface area contributed by atoms with E-state index in [1.807, 2.05) is 0 Å². The predicted molar refractivity (Wildman–Crippen MR) is 76.3 cm³/mol. The molecule has 1 fully saturated rings. The van der Waals surface area contributed by atoms with Crippen molar-refractivity contribution in [2.75, 3.05) is 6.54 Å². The average Bonchev–Trinajstić information content (AvgIpc) is 2.43. The summed E-state index contributed by atoms with van der Waals surface area (Å²) in [5.41, 5.74) is 5.81. The molecule has 1 saturated carbocycles. The Morgan fingerprint density at radius 1 is 1.30 bits per heavy atom. The van der Waals surface area contributed by atoms with Crippen molar-refractivity contribution in [2.24, 2.45) is 11.7 Å². The standard InChI is InChI=1S/C14H17BrF2N2O/c15-10-6-12(17)11(16)5-9(10)14(20)19-13-4-2-1-3-8(13)7-18/h5-6,8,13H,1-4,7,18H2,(H,19,20). The van der Waals surface area contributed by atoms with E-state index in [1.54, 1.807) is 0 Å². The first-order chi connectivity index (χ1) is 9.52. The van der Waals surface area contributed by atoms with Crippen molar-refractivity contribution < 1.29 is 13.6 Å². The highest BCUT2D eigenvalue weighted by Crippen LogP contribution is 2.25. The highest BCUT2D eigenvalue weighted by atomic mass is 79.9. The zero-order valence-corrected chi connectivity index (χ0v) is 12.6. The minimum absolute atomic E-state index is 0.00117. The Balaban J connectivity index is 2.13. The Morgan fingerprint density at radius 3 is 2.65 bits per heavy atom. The molecule has 0 heterocycles. The lowest BCUT2D eigenvalue weighted by Crippen LogP contribution is -2.44. The van der Waals surface area contributed by atoms with Gasteiger partial charge >= 0.3 is 0 Å². The Kier molecular flexibility index (Phi) is 5.10. The Labute approximate surface area is 125 Å². The summed E-state index contributed by atoms with van der Waals surface area (Å²) in [6.07, 6.45) is 4.01. The third-order valence-electron chi connectivity index (χ3n) is 3.78. The summed E-state index contributed by atoms with van der Waals surface area (Å²) in [5, 5.41) is 2.89. The summed E-state index contributed by atoms with van der Waals surface area (Å²) >= 11 is 3.09. The van der Waals surface area contributed by atoms with Crippen LogP contribution in [0.3, 0.4) is 0 Å². The maximum atomic E-state index is 13.2. The van der Waals surface area contributed by atoms with E-state index in [1.165, 1.54) is 0 Å². The summed E-state index contributed by atoms with van der Waals surface area (Å²) in [6.45, 7) is 0.518. The van der Waals surface area contributed by atoms with Gasteiger partial charge in [-0.05, 0) is 53.4 Å². The van der Waals surface area contributed by atoms with Gasteiger partial charge in [-0.3, -0.25) is 4.79 Å². The lowest BCUT2D eigenvalue weighted by atomic mass is 9.84. The van der Waals surface area contributed by atoms with Crippen LogP contribution in [0.1, 0.15) is 36.0 Å². The second-order valence-electron chi connectivity index (χ2n) is 5.11. The van der Waals surface area contributed by atoms with Crippen LogP contribution in [0.4, 0.5) is 8.78 Å². The van der Waals surface area contributed by atoms with Crippen LogP contribution >= 0.6 is 15.9 Å². The van der Waals surface area contributed by atoms with Gasteiger partial charge in [0.2, 0.25) is 0 Å². The Hall–Kier alpha value is -1.01. The van der Waals surface area contributed by atoms with Crippen molar-refractivity contribution in [1.82, 2.24) is 5.32 Å². The molecule has 1 aliphatic carbocycles. The van der Waals surface area contributed by atoms with Gasteiger partial charge in [-0.1, -0.05) is 12.8 Å². The number of carbonyl (C=O) groups is 1. The lowest BCUT2D eigenvalue weighted by Gasteiger charge is -2.31. The second-order valence-corrected chi connectivity index (χ2v) is 5.96. The van der Waals surface area contributed by atoms with Gasteiger partial charge in [-0.25, -0.2) is 8.78 Å². The summed E-state index contributed by atoms with van der Waals surface area (Å²) < 4.78 is 26.5. The number of carbonyl (C=O) groups excluding carboxylic acids is 1. The fraction of sp³-hybridized carbons (Fsp3) is 0.500. The molecule has 3 nitrogen and oxygen atoms in total. The minimum atomic E-state index is -1.03. The molecule has 0 bridgehead atoms. The molecule has 1 aliphatic rings. The van der Waals surface area contributed by atoms with E-state index < -0.39 is 17.5 Å². The highest BCUT2D eigenvalue weighted by molar-refractivity contribution is 9.10. The van der Waals surface area contributed by atoms with Crippen molar-refractivity contribution in [3.05, 3.63) is 33.8 Å². The van der Waals surface area contributed by atoms with E-state index in [9.17, 15) is 13.6 Å². The lowest BCUT2D eigenvalue weighted by molar-refractivity contribution is 0.0906. The largest absolute Gasteiger partial charge is 0.349 e. The van der Waals surface area contributed by atoms with Gasteiger partial charge in [0.05, 0.1) is 5.56 Å². The molecule has 0 saturated heterocycles. The third kappa shape index (κ3) is 3.35. The fourth-order valence-corrected chi connectivity index (χ4v) is 3.12. The molecule has 0 spiro atoms. The first-order valence-corrected chi connectivity index (χ1v) is 7.47. The number of nitrogens with two attached hydrogens (primary N) is 1. The molecule has 20 heavy (non-hydrogen) atoms. The second kappa shape index (κ2) is 6.63. The van der Waals surface area contributed by atoms with Gasteiger partial charge in [0.15, 0.2) is 11.6 Å². The Morgan fingerprint density at radius 2 is 1.95 bits per heavy atom. The SMILES string of the molecule is NCC1CCCCC1NC(=O)c1cc(F)c(F)cc1Br. The molecule has 3 N–H and O–H groups in total. The van der Waals surface area contributed by atoms with Crippen LogP contribution in [0.2, 0.25) is 0 Å². The van der Waals surface area contributed by atoms with Gasteiger partial charge in [-0.2, -0.15) is 0 Å². The van der Waals surface area contributed by atoms with Gasteiger partial charge in [0, 0.05) is 10.5 Å². The molecule has 2 rings (SSSR count). The first kappa shape index (κ1) is 15.4. The predicted octanol–water partition coefficient (Wildman–Crippen LogP) is 2.97. The first-order valence-electron chi connectivity index (χ1n) is 6.68. The number of nitrogens with one attached hydrogen (secondary N) is 1. The molecule has 0 aromatic heterocycles. The van der Waals surface area contributed by atoms with Crippen LogP contribution in [0.15, 0.2) is 16.6 Å². The van der Waals surface area contributed by atoms with Crippen molar-refractivity contribution in [3.63, 3.8) is 0 Å². The summed E-state index contributed by atoms with van der Waals surface area (Å²) in [7, 11) is 0. The summed E-state index contributed by atoms with van der Waals surface area (Å²) in [4.78, 5) is 12.2. The van der Waals surface area contributed by atoms with Gasteiger partial charge in [0.1, 0.15) is 0 Å². The number of benzene rings is 1. The van der Waals surface area contributed by atoms with Crippen molar-refractivity contribution in [3.8, 4) is 0 Å². The molecule has 1 aromatic rings. The monoisotopic (exact) mass is 346 g/mol. The van der Waals surface area contributed by atoms with E-state index in [0.29, 0.717) is 6.54 Å². The summed E-state index contributed by atoms with van der Waals surface area (Å²) in [5.74, 6) is -2.17. The smallest absolute Gasteiger partial charge is 0.252 e. The number of rotatable bonds is 3. The van der Waals surface area contributed by atoms with Crippen LogP contribution in [0.5, 0.6) is 0 Å². The zero-order valence-electron chi connectivity index (χ0n) is 11.0. The molecule has 2 atom stereocenters. The molecule has 6 heteroatoms. The normalized spacial score (nSPS) is 22.6. The number of halogens is 3. The van der Waals surface area contributed by atoms with Gasteiger partial charge in [-0.15, -0.1) is 0 Å². The van der Waals surface area contributed by atoms with Crippen LogP contribution < -0.4 is 11.1 Å². The minimum Gasteiger partial charge on any atom is -0.349 e. The van der Waals surface area contributed by atoms with E-state index in [4.69, 9.17) is 5.73 Å². The van der Waals surface area contributed by atoms with E-state index >= 15 is 0 Å². The molecular weight excluding hydrogens is 330 g/mol. The van der Waals surface area contributed by atoms with Crippen LogP contribution in [0.25, 0.3) is 0 Å². The van der Waals surface area contributed by atoms with E-state index in [2.05, 4.69) is 21.2 Å². The third-order valence-corrected chi connectivity index (χ3v) is 4.44. The quantitative estimate of drug-likeness (QED) is 0.826. The Bertz CT molecular complexity index is 510. The summed E-state index contributed by atoms with van der Waals surface area (Å²) in [6, 6.07) is 1.88. The van der Waals surface area contributed by atoms with Crippen molar-refractivity contribution in [1.29, 1.82) is 0 Å². The van der Waals surface area contributed by atoms with Crippen LogP contribution in [-0.4, -0.2) is 18.5 Å². The van der Waals surface area contributed by atoms with Crippen molar-refractivity contribution >= 4 is 21.8 Å². The van der Waals surface area contributed by atoms with E-state index in [-0.39, 0.29) is 22.0 Å². The maximum absolute atomic E-state index is 13.2. The molecule has 0 aliphatic heterocycles. The van der Waals surface area contributed by atoms with Gasteiger partial charge in [0.25, 0.3) is 5.91 Å². The number of hydrogen-bond donors (Lipinski definition) is 2. The van der Waals surface area contributed by atoms with Crippen LogP contribution in [-0.2, 0) is 0 Å². The molecule has 1 amide bonds. The molecule has 0 radical (unpaired) electrons. The van der Waals surface area contributed by atoms with E-state index in [0.717, 1.165) is 37.8 Å². The topological polar surface area (TPSA) is 55.1 Å². The molecule has 110 valence electrons. The maximum Gasteiger partial charge on any atom is 0.252 e. The van der Waals surface area contributed by atoms with Gasteiger partial charge < -0.3 is 11.1 Å². The number of amides is 1. The zero-order chi connectivity index (χ0) is 14.7. The molecule has 1 aromatic carbocycles. The molecular formula is C14H17BrF2N2O.